The molecule has 3 aromatic rings. The first-order valence-corrected chi connectivity index (χ1v) is 6.48. The Labute approximate surface area is 120 Å². The Kier molecular flexibility index (Phi) is 3.38. The minimum absolute atomic E-state index is 0.311. The van der Waals surface area contributed by atoms with E-state index in [0.717, 1.165) is 11.1 Å². The second-order valence-corrected chi connectivity index (χ2v) is 4.83. The van der Waals surface area contributed by atoms with Crippen molar-refractivity contribution in [3.05, 3.63) is 65.0 Å². The number of halogens is 2. The number of aromatic nitrogens is 3. The van der Waals surface area contributed by atoms with Gasteiger partial charge in [-0.2, -0.15) is 5.10 Å². The number of hydrogen-bond acceptors (Lipinski definition) is 3. The molecule has 0 fully saturated rings. The van der Waals surface area contributed by atoms with Gasteiger partial charge in [0.05, 0.1) is 24.0 Å². The summed E-state index contributed by atoms with van der Waals surface area (Å²) in [6.07, 6.45) is 6.83. The van der Waals surface area contributed by atoms with Gasteiger partial charge in [0.15, 0.2) is 0 Å². The topological polar surface area (TPSA) is 42.2 Å². The third-order valence-corrected chi connectivity index (χ3v) is 3.46. The molecular weight excluding hydrogens is 279 g/mol. The SMILES string of the molecule is CNC(c1ccc(Cl)cc1F)c1cnn2ccncc12. The van der Waals surface area contributed by atoms with Crippen LogP contribution in [0.2, 0.25) is 5.02 Å². The smallest absolute Gasteiger partial charge is 0.129 e. The lowest BCUT2D eigenvalue weighted by atomic mass is 10.00. The molecular formula is C14H12ClFN4. The fraction of sp³-hybridized carbons (Fsp3) is 0.143. The third kappa shape index (κ3) is 2.15. The molecule has 1 unspecified atom stereocenters. The number of nitrogens with one attached hydrogen (secondary N) is 1. The van der Waals surface area contributed by atoms with Gasteiger partial charge in [0.1, 0.15) is 5.82 Å². The van der Waals surface area contributed by atoms with Gasteiger partial charge >= 0.3 is 0 Å². The maximum atomic E-state index is 14.1. The van der Waals surface area contributed by atoms with Crippen molar-refractivity contribution in [1.82, 2.24) is 19.9 Å². The number of fused-ring (bicyclic) bond motifs is 1. The molecule has 1 N–H and O–H groups in total. The first kappa shape index (κ1) is 13.0. The van der Waals surface area contributed by atoms with Gasteiger partial charge in [-0.05, 0) is 19.2 Å². The van der Waals surface area contributed by atoms with Gasteiger partial charge in [-0.25, -0.2) is 8.91 Å². The van der Waals surface area contributed by atoms with E-state index in [1.807, 2.05) is 0 Å². The van der Waals surface area contributed by atoms with Crippen LogP contribution in [0.3, 0.4) is 0 Å². The van der Waals surface area contributed by atoms with E-state index in [-0.39, 0.29) is 11.9 Å². The van der Waals surface area contributed by atoms with Gasteiger partial charge in [-0.15, -0.1) is 0 Å². The molecule has 2 heterocycles. The monoisotopic (exact) mass is 290 g/mol. The van der Waals surface area contributed by atoms with Crippen LogP contribution >= 0.6 is 11.6 Å². The molecule has 0 amide bonds. The second-order valence-electron chi connectivity index (χ2n) is 4.39. The molecule has 102 valence electrons. The van der Waals surface area contributed by atoms with Crippen LogP contribution < -0.4 is 5.32 Å². The predicted octanol–water partition coefficient (Wildman–Crippen LogP) is 2.83. The Balaban J connectivity index is 2.14. The Morgan fingerprint density at radius 3 is 2.90 bits per heavy atom. The lowest BCUT2D eigenvalue weighted by Crippen LogP contribution is -2.18. The zero-order valence-electron chi connectivity index (χ0n) is 10.7. The van der Waals surface area contributed by atoms with Crippen molar-refractivity contribution in [1.29, 1.82) is 0 Å². The Hall–Kier alpha value is -1.98. The largest absolute Gasteiger partial charge is 0.309 e. The molecule has 0 saturated heterocycles. The lowest BCUT2D eigenvalue weighted by molar-refractivity contribution is 0.577. The normalized spacial score (nSPS) is 12.8. The van der Waals surface area contributed by atoms with E-state index in [1.165, 1.54) is 6.07 Å². The summed E-state index contributed by atoms with van der Waals surface area (Å²) in [6, 6.07) is 4.35. The van der Waals surface area contributed by atoms with Gasteiger partial charge in [0.25, 0.3) is 0 Å². The first-order valence-electron chi connectivity index (χ1n) is 6.10. The van der Waals surface area contributed by atoms with E-state index in [0.29, 0.717) is 10.6 Å². The van der Waals surface area contributed by atoms with E-state index >= 15 is 0 Å². The van der Waals surface area contributed by atoms with Gasteiger partial charge in [0.2, 0.25) is 0 Å². The van der Waals surface area contributed by atoms with Crippen LogP contribution in [-0.2, 0) is 0 Å². The quantitative estimate of drug-likeness (QED) is 0.806. The molecule has 2 aromatic heterocycles. The van der Waals surface area contributed by atoms with E-state index in [1.54, 1.807) is 48.5 Å². The fourth-order valence-electron chi connectivity index (χ4n) is 2.29. The highest BCUT2D eigenvalue weighted by atomic mass is 35.5. The van der Waals surface area contributed by atoms with E-state index in [2.05, 4.69) is 15.4 Å². The van der Waals surface area contributed by atoms with Crippen LogP contribution in [0.1, 0.15) is 17.2 Å². The van der Waals surface area contributed by atoms with E-state index in [4.69, 9.17) is 11.6 Å². The summed E-state index contributed by atoms with van der Waals surface area (Å²) in [6.45, 7) is 0. The summed E-state index contributed by atoms with van der Waals surface area (Å²) < 4.78 is 15.8. The summed E-state index contributed by atoms with van der Waals surface area (Å²) in [7, 11) is 1.78. The first-order chi connectivity index (χ1) is 9.70. The molecule has 0 radical (unpaired) electrons. The molecule has 0 aliphatic heterocycles. The number of benzene rings is 1. The highest BCUT2D eigenvalue weighted by molar-refractivity contribution is 6.30. The van der Waals surface area contributed by atoms with Crippen molar-refractivity contribution < 1.29 is 4.39 Å². The minimum Gasteiger partial charge on any atom is -0.309 e. The minimum atomic E-state index is -0.347. The summed E-state index contributed by atoms with van der Waals surface area (Å²) >= 11 is 5.80. The standard InChI is InChI=1S/C14H12ClFN4/c1-17-14(10-3-2-9(15)6-12(10)16)11-7-19-20-5-4-18-8-13(11)20/h2-8,14,17H,1H3. The molecule has 0 spiro atoms. The molecule has 0 aliphatic carbocycles. The zero-order valence-corrected chi connectivity index (χ0v) is 11.5. The summed E-state index contributed by atoms with van der Waals surface area (Å²) in [4.78, 5) is 4.09. The highest BCUT2D eigenvalue weighted by Gasteiger charge is 2.20. The van der Waals surface area contributed by atoms with Crippen LogP contribution in [0.25, 0.3) is 5.52 Å². The van der Waals surface area contributed by atoms with Gasteiger partial charge in [0, 0.05) is 28.5 Å². The molecule has 6 heteroatoms. The molecule has 0 saturated carbocycles. The lowest BCUT2D eigenvalue weighted by Gasteiger charge is -2.16. The predicted molar refractivity (Wildman–Crippen MR) is 75.3 cm³/mol. The van der Waals surface area contributed by atoms with Crippen LogP contribution in [-0.4, -0.2) is 21.6 Å². The van der Waals surface area contributed by atoms with Crippen LogP contribution in [0.4, 0.5) is 4.39 Å². The van der Waals surface area contributed by atoms with Gasteiger partial charge < -0.3 is 5.32 Å². The maximum absolute atomic E-state index is 14.1. The third-order valence-electron chi connectivity index (χ3n) is 3.23. The Morgan fingerprint density at radius 2 is 2.15 bits per heavy atom. The summed E-state index contributed by atoms with van der Waals surface area (Å²) in [5.41, 5.74) is 2.22. The second kappa shape index (κ2) is 5.19. The fourth-order valence-corrected chi connectivity index (χ4v) is 2.45. The number of nitrogens with zero attached hydrogens (tertiary/aromatic N) is 3. The molecule has 1 aromatic carbocycles. The molecule has 20 heavy (non-hydrogen) atoms. The van der Waals surface area contributed by atoms with Crippen molar-refractivity contribution in [3.63, 3.8) is 0 Å². The van der Waals surface area contributed by atoms with Crippen LogP contribution in [0, 0.1) is 5.82 Å². The van der Waals surface area contributed by atoms with Crippen LogP contribution in [0.5, 0.6) is 0 Å². The van der Waals surface area contributed by atoms with Crippen molar-refractivity contribution in [2.45, 2.75) is 6.04 Å². The Morgan fingerprint density at radius 1 is 1.30 bits per heavy atom. The van der Waals surface area contributed by atoms with Crippen molar-refractivity contribution in [2.75, 3.05) is 7.05 Å². The van der Waals surface area contributed by atoms with Crippen molar-refractivity contribution >= 4 is 17.1 Å². The molecule has 1 atom stereocenters. The Bertz CT molecular complexity index is 756. The number of rotatable bonds is 3. The van der Waals surface area contributed by atoms with E-state index < -0.39 is 0 Å². The van der Waals surface area contributed by atoms with Gasteiger partial charge in [-0.3, -0.25) is 4.98 Å². The molecule has 0 bridgehead atoms. The molecule has 0 aliphatic rings. The van der Waals surface area contributed by atoms with Crippen molar-refractivity contribution in [3.8, 4) is 0 Å². The highest BCUT2D eigenvalue weighted by Crippen LogP contribution is 2.28. The number of hydrogen-bond donors (Lipinski definition) is 1. The summed E-state index contributed by atoms with van der Waals surface area (Å²) in [5, 5.41) is 7.73. The average Bonchev–Trinajstić information content (AvgIpc) is 2.86. The van der Waals surface area contributed by atoms with Gasteiger partial charge in [-0.1, -0.05) is 17.7 Å². The molecule has 4 nitrogen and oxygen atoms in total. The average molecular weight is 291 g/mol. The maximum Gasteiger partial charge on any atom is 0.129 e. The van der Waals surface area contributed by atoms with Crippen LogP contribution in [0.15, 0.2) is 43.0 Å². The zero-order chi connectivity index (χ0) is 14.1. The molecule has 3 rings (SSSR count). The summed E-state index contributed by atoms with van der Waals surface area (Å²) in [5.74, 6) is -0.347. The van der Waals surface area contributed by atoms with Crippen molar-refractivity contribution in [2.24, 2.45) is 0 Å². The van der Waals surface area contributed by atoms with E-state index in [9.17, 15) is 4.39 Å².